The lowest BCUT2D eigenvalue weighted by Crippen LogP contribution is -2.32. The normalized spacial score (nSPS) is 17.6. The highest BCUT2D eigenvalue weighted by atomic mass is 35.5. The van der Waals surface area contributed by atoms with Gasteiger partial charge in [-0.25, -0.2) is 0 Å². The Morgan fingerprint density at radius 1 is 1.19 bits per heavy atom. The summed E-state index contributed by atoms with van der Waals surface area (Å²) in [4.78, 5) is 19.5. The van der Waals surface area contributed by atoms with Crippen molar-refractivity contribution in [2.75, 3.05) is 32.6 Å². The summed E-state index contributed by atoms with van der Waals surface area (Å²) in [6.45, 7) is 5.99. The lowest BCUT2D eigenvalue weighted by atomic mass is 9.85. The van der Waals surface area contributed by atoms with Gasteiger partial charge in [0.05, 0.1) is 28.9 Å². The average Bonchev–Trinajstić information content (AvgIpc) is 2.86. The van der Waals surface area contributed by atoms with Crippen molar-refractivity contribution in [3.8, 4) is 22.6 Å². The first kappa shape index (κ1) is 28.0. The van der Waals surface area contributed by atoms with Crippen molar-refractivity contribution >= 4 is 46.4 Å². The molecule has 4 rings (SSSR count). The quantitative estimate of drug-likeness (QED) is 0.310. The van der Waals surface area contributed by atoms with Gasteiger partial charge in [-0.2, -0.15) is 0 Å². The van der Waals surface area contributed by atoms with Crippen LogP contribution in [0.5, 0.6) is 11.5 Å². The zero-order valence-corrected chi connectivity index (χ0v) is 22.9. The highest BCUT2D eigenvalue weighted by molar-refractivity contribution is 6.32. The molecule has 0 spiro atoms. The Hall–Kier alpha value is -2.54. The van der Waals surface area contributed by atoms with Crippen LogP contribution in [-0.4, -0.2) is 54.1 Å². The summed E-state index contributed by atoms with van der Waals surface area (Å²) in [6, 6.07) is 9.72. The van der Waals surface area contributed by atoms with Crippen molar-refractivity contribution in [1.29, 1.82) is 0 Å². The van der Waals surface area contributed by atoms with Gasteiger partial charge in [0.2, 0.25) is 0 Å². The molecule has 0 bridgehead atoms. The number of aromatic nitrogens is 1. The Balaban J connectivity index is 0.00000361. The van der Waals surface area contributed by atoms with E-state index in [4.69, 9.17) is 16.3 Å². The molecule has 1 aliphatic rings. The van der Waals surface area contributed by atoms with Crippen LogP contribution in [0.15, 0.2) is 36.5 Å². The van der Waals surface area contributed by atoms with E-state index in [0.29, 0.717) is 17.4 Å². The number of carbonyl (C=O) groups excluding carboxylic acids is 1. The molecule has 6 nitrogen and oxygen atoms in total. The van der Waals surface area contributed by atoms with E-state index in [1.165, 1.54) is 20.0 Å². The lowest BCUT2D eigenvalue weighted by Gasteiger charge is -2.32. The number of nitrogens with zero attached hydrogens (tertiary/aromatic N) is 2. The van der Waals surface area contributed by atoms with Gasteiger partial charge in [-0.05, 0) is 87.5 Å². The fourth-order valence-electron chi connectivity index (χ4n) is 4.95. The Labute approximate surface area is 224 Å². The van der Waals surface area contributed by atoms with Gasteiger partial charge in [-0.15, -0.1) is 12.4 Å². The van der Waals surface area contributed by atoms with Crippen molar-refractivity contribution < 1.29 is 14.6 Å². The molecule has 8 heteroatoms. The van der Waals surface area contributed by atoms with Crippen molar-refractivity contribution in [1.82, 2.24) is 9.88 Å². The second kappa shape index (κ2) is 12.1. The number of methoxy groups -OCH3 is 1. The van der Waals surface area contributed by atoms with E-state index in [2.05, 4.69) is 29.2 Å². The van der Waals surface area contributed by atoms with E-state index in [-0.39, 0.29) is 29.0 Å². The number of Topliss-reactive ketones (excluding diaryl/α,β-unsaturated/α-hetero) is 1. The summed E-state index contributed by atoms with van der Waals surface area (Å²) < 4.78 is 5.28. The second-order valence-corrected chi connectivity index (χ2v) is 9.97. The largest absolute Gasteiger partial charge is 0.503 e. The maximum Gasteiger partial charge on any atom is 0.176 e. The maximum atomic E-state index is 12.5. The number of aromatic hydroxyl groups is 1. The minimum Gasteiger partial charge on any atom is -0.503 e. The number of hydrogen-bond acceptors (Lipinski definition) is 6. The molecule has 1 saturated carbocycles. The molecular weight excluding hydrogens is 497 g/mol. The van der Waals surface area contributed by atoms with Crippen LogP contribution >= 0.6 is 24.0 Å². The zero-order valence-electron chi connectivity index (χ0n) is 21.3. The summed E-state index contributed by atoms with van der Waals surface area (Å²) in [7, 11) is 3.68. The Kier molecular flexibility index (Phi) is 9.45. The number of ether oxygens (including phenoxy) is 1. The van der Waals surface area contributed by atoms with Crippen LogP contribution in [0.2, 0.25) is 5.02 Å². The third-order valence-corrected chi connectivity index (χ3v) is 7.42. The summed E-state index contributed by atoms with van der Waals surface area (Å²) in [5.74, 6) is 0.939. The number of benzene rings is 2. The number of ketones is 1. The van der Waals surface area contributed by atoms with Crippen LogP contribution in [0, 0.1) is 5.92 Å². The molecule has 0 atom stereocenters. The summed E-state index contributed by atoms with van der Waals surface area (Å²) >= 11 is 6.24. The molecule has 194 valence electrons. The number of anilines is 1. The van der Waals surface area contributed by atoms with Crippen molar-refractivity contribution in [2.45, 2.75) is 45.6 Å². The summed E-state index contributed by atoms with van der Waals surface area (Å²) in [6.07, 6.45) is 6.19. The topological polar surface area (TPSA) is 74.7 Å². The van der Waals surface area contributed by atoms with Gasteiger partial charge in [0.25, 0.3) is 0 Å². The van der Waals surface area contributed by atoms with Gasteiger partial charge >= 0.3 is 0 Å². The van der Waals surface area contributed by atoms with E-state index in [1.807, 2.05) is 18.2 Å². The first-order valence-electron chi connectivity index (χ1n) is 12.3. The monoisotopic (exact) mass is 531 g/mol. The molecule has 3 aromatic rings. The van der Waals surface area contributed by atoms with Crippen molar-refractivity contribution in [3.63, 3.8) is 0 Å². The van der Waals surface area contributed by atoms with Gasteiger partial charge in [-0.3, -0.25) is 9.78 Å². The second-order valence-electron chi connectivity index (χ2n) is 9.56. The Bertz CT molecular complexity index is 1230. The van der Waals surface area contributed by atoms with Crippen LogP contribution in [0.1, 0.15) is 49.9 Å². The molecule has 0 unspecified atom stereocenters. The van der Waals surface area contributed by atoms with Crippen molar-refractivity contribution in [2.24, 2.45) is 5.92 Å². The number of phenolic OH excluding ortho intramolecular Hbond substituents is 1. The molecule has 2 aromatic carbocycles. The molecule has 2 N–H and O–H groups in total. The van der Waals surface area contributed by atoms with Gasteiger partial charge in [-0.1, -0.05) is 24.6 Å². The number of nitrogens with one attached hydrogen (secondary N) is 1. The first-order valence-corrected chi connectivity index (χ1v) is 12.6. The molecule has 0 saturated heterocycles. The van der Waals surface area contributed by atoms with Gasteiger partial charge < -0.3 is 20.1 Å². The number of fused-ring (bicyclic) bond motifs is 1. The van der Waals surface area contributed by atoms with E-state index in [9.17, 15) is 9.90 Å². The minimum atomic E-state index is -0.0812. The predicted molar refractivity (Wildman–Crippen MR) is 150 cm³/mol. The number of pyridine rings is 1. The number of halogens is 2. The summed E-state index contributed by atoms with van der Waals surface area (Å²) in [5.41, 5.74) is 3.97. The smallest absolute Gasteiger partial charge is 0.176 e. The van der Waals surface area contributed by atoms with Crippen LogP contribution in [0.25, 0.3) is 22.0 Å². The van der Waals surface area contributed by atoms with Crippen LogP contribution in [0.3, 0.4) is 0 Å². The molecule has 1 fully saturated rings. The third-order valence-electron chi connectivity index (χ3n) is 7.13. The fraction of sp³-hybridized carbons (Fsp3) is 0.429. The SMILES string of the molecule is CCN(C)C[C@H]1CC[C@H](Nc2c(C(C)=O)cnc3ccc(-c4cc(Cl)c(O)c(OC)c4)cc23)CC1.Cl. The Morgan fingerprint density at radius 3 is 2.56 bits per heavy atom. The number of hydrogen-bond donors (Lipinski definition) is 2. The van der Waals surface area contributed by atoms with Crippen LogP contribution in [0.4, 0.5) is 5.69 Å². The van der Waals surface area contributed by atoms with Crippen LogP contribution < -0.4 is 10.1 Å². The Morgan fingerprint density at radius 2 is 1.92 bits per heavy atom. The van der Waals surface area contributed by atoms with E-state index in [1.54, 1.807) is 25.3 Å². The highest BCUT2D eigenvalue weighted by Gasteiger charge is 2.24. The molecular formula is C28H35Cl2N3O3. The molecule has 0 amide bonds. The third kappa shape index (κ3) is 6.05. The van der Waals surface area contributed by atoms with E-state index in [0.717, 1.165) is 59.6 Å². The summed E-state index contributed by atoms with van der Waals surface area (Å²) in [5, 5.41) is 15.0. The molecule has 1 aromatic heterocycles. The number of carbonyl (C=O) groups is 1. The maximum absolute atomic E-state index is 12.5. The number of rotatable bonds is 8. The molecule has 1 aliphatic carbocycles. The minimum absolute atomic E-state index is 0. The average molecular weight is 533 g/mol. The van der Waals surface area contributed by atoms with Crippen molar-refractivity contribution in [3.05, 3.63) is 47.1 Å². The molecule has 0 radical (unpaired) electrons. The van der Waals surface area contributed by atoms with Gasteiger partial charge in [0, 0.05) is 24.2 Å². The van der Waals surface area contributed by atoms with Gasteiger partial charge in [0.15, 0.2) is 17.3 Å². The van der Waals surface area contributed by atoms with E-state index < -0.39 is 0 Å². The lowest BCUT2D eigenvalue weighted by molar-refractivity contribution is 0.101. The standard InChI is InChI=1S/C28H34ClN3O3.ClH/c1-5-32(3)16-18-6-9-21(10-7-18)31-27-22-12-19(8-11-25(22)30-15-23(27)17(2)33)20-13-24(29)28(34)26(14-20)35-4;/h8,11-15,18,21,34H,5-7,9-10,16H2,1-4H3,(H,30,31);1H/t18-,21-;. The zero-order chi connectivity index (χ0) is 25.1. The molecule has 1 heterocycles. The first-order chi connectivity index (χ1) is 16.8. The van der Waals surface area contributed by atoms with Crippen LogP contribution in [-0.2, 0) is 0 Å². The highest BCUT2D eigenvalue weighted by Crippen LogP contribution is 2.40. The fourth-order valence-corrected chi connectivity index (χ4v) is 5.16. The number of phenols is 1. The molecule has 0 aliphatic heterocycles. The van der Waals surface area contributed by atoms with Gasteiger partial charge in [0.1, 0.15) is 0 Å². The molecule has 36 heavy (non-hydrogen) atoms. The predicted octanol–water partition coefficient (Wildman–Crippen LogP) is 6.82. The van der Waals surface area contributed by atoms with E-state index >= 15 is 0 Å².